The first-order valence-corrected chi connectivity index (χ1v) is 12.0. The van der Waals surface area contributed by atoms with Gasteiger partial charge >= 0.3 is 0 Å². The van der Waals surface area contributed by atoms with Gasteiger partial charge in [-0.05, 0) is 61.4 Å². The third-order valence-electron chi connectivity index (χ3n) is 5.21. The highest BCUT2D eigenvalue weighted by atomic mass is 35.5. The van der Waals surface area contributed by atoms with Crippen molar-refractivity contribution < 1.29 is 14.0 Å². The van der Waals surface area contributed by atoms with Crippen molar-refractivity contribution in [1.82, 2.24) is 5.32 Å². The van der Waals surface area contributed by atoms with Crippen molar-refractivity contribution in [1.29, 1.82) is 5.26 Å². The Kier molecular flexibility index (Phi) is 7.32. The third-order valence-corrected chi connectivity index (χ3v) is 7.08. The van der Waals surface area contributed by atoms with Crippen LogP contribution >= 0.6 is 35.0 Å². The van der Waals surface area contributed by atoms with Crippen LogP contribution in [0.1, 0.15) is 16.9 Å². The first kappa shape index (κ1) is 24.0. The molecule has 2 amide bonds. The Morgan fingerprint density at radius 3 is 2.65 bits per heavy atom. The monoisotopic (exact) mass is 511 g/mol. The average molecular weight is 512 g/mol. The molecule has 2 heterocycles. The fraction of sp³-hybridized carbons (Fsp3) is 0.160. The van der Waals surface area contributed by atoms with Crippen LogP contribution in [0.25, 0.3) is 0 Å². The van der Waals surface area contributed by atoms with Gasteiger partial charge in [-0.2, -0.15) is 5.26 Å². The lowest BCUT2D eigenvalue weighted by atomic mass is 10.1. The summed E-state index contributed by atoms with van der Waals surface area (Å²) in [7, 11) is 0. The molecule has 2 aromatic carbocycles. The van der Waals surface area contributed by atoms with Crippen LogP contribution in [0.15, 0.2) is 75.9 Å². The Morgan fingerprint density at radius 2 is 1.97 bits per heavy atom. The molecule has 0 bridgehead atoms. The SMILES string of the molecule is Cc1ccc(N2C(=O)C(Cc3cc(Cl)ccc3Cl)S/C2=C(/C#N)C(=O)NCc2ccco2)cc1. The average Bonchev–Trinajstić information content (AvgIpc) is 3.45. The molecule has 0 aliphatic carbocycles. The Balaban J connectivity index is 1.70. The number of halogens is 2. The Hall–Kier alpha value is -3.18. The highest BCUT2D eigenvalue weighted by molar-refractivity contribution is 8.05. The molecule has 3 aromatic rings. The smallest absolute Gasteiger partial charge is 0.265 e. The largest absolute Gasteiger partial charge is 0.467 e. The summed E-state index contributed by atoms with van der Waals surface area (Å²) >= 11 is 13.6. The van der Waals surface area contributed by atoms with Crippen LogP contribution in [0.2, 0.25) is 10.0 Å². The van der Waals surface area contributed by atoms with E-state index in [1.165, 1.54) is 22.9 Å². The highest BCUT2D eigenvalue weighted by Gasteiger charge is 2.41. The molecule has 1 aliphatic heterocycles. The van der Waals surface area contributed by atoms with Gasteiger partial charge in [0.15, 0.2) is 0 Å². The Morgan fingerprint density at radius 1 is 1.21 bits per heavy atom. The molecule has 1 saturated heterocycles. The normalized spacial score (nSPS) is 16.9. The zero-order valence-electron chi connectivity index (χ0n) is 18.0. The predicted molar refractivity (Wildman–Crippen MR) is 133 cm³/mol. The molecule has 4 rings (SSSR count). The summed E-state index contributed by atoms with van der Waals surface area (Å²) in [4.78, 5) is 27.9. The van der Waals surface area contributed by atoms with Crippen molar-refractivity contribution in [3.05, 3.63) is 98.4 Å². The van der Waals surface area contributed by atoms with Crippen molar-refractivity contribution in [3.63, 3.8) is 0 Å². The molecule has 0 spiro atoms. The molecule has 0 radical (unpaired) electrons. The number of carbonyl (C=O) groups is 2. The summed E-state index contributed by atoms with van der Waals surface area (Å²) in [5.74, 6) is -0.283. The van der Waals surface area contributed by atoms with Gasteiger partial charge in [-0.3, -0.25) is 14.5 Å². The number of rotatable bonds is 6. The van der Waals surface area contributed by atoms with Gasteiger partial charge in [-0.15, -0.1) is 0 Å². The van der Waals surface area contributed by atoms with Gasteiger partial charge in [0.1, 0.15) is 22.4 Å². The van der Waals surface area contributed by atoms with E-state index < -0.39 is 11.2 Å². The van der Waals surface area contributed by atoms with Gasteiger partial charge in [0.05, 0.1) is 18.1 Å². The van der Waals surface area contributed by atoms with E-state index in [4.69, 9.17) is 27.6 Å². The number of amides is 2. The molecule has 1 unspecified atom stereocenters. The second-order valence-corrected chi connectivity index (χ2v) is 9.64. The van der Waals surface area contributed by atoms with Crippen LogP contribution < -0.4 is 10.2 Å². The molecule has 6 nitrogen and oxygen atoms in total. The van der Waals surface area contributed by atoms with Crippen LogP contribution in [-0.4, -0.2) is 17.1 Å². The zero-order chi connectivity index (χ0) is 24.2. The maximum Gasteiger partial charge on any atom is 0.265 e. The number of furan rings is 1. The van der Waals surface area contributed by atoms with Crippen molar-refractivity contribution in [2.45, 2.75) is 25.1 Å². The Bertz CT molecular complexity index is 1300. The zero-order valence-corrected chi connectivity index (χ0v) is 20.4. The topological polar surface area (TPSA) is 86.3 Å². The van der Waals surface area contributed by atoms with Crippen molar-refractivity contribution in [3.8, 4) is 6.07 Å². The molecule has 0 saturated carbocycles. The summed E-state index contributed by atoms with van der Waals surface area (Å²) in [5.41, 5.74) is 2.16. The van der Waals surface area contributed by atoms with Gasteiger partial charge in [0, 0.05) is 15.7 Å². The predicted octanol–water partition coefficient (Wildman–Crippen LogP) is 5.64. The van der Waals surface area contributed by atoms with Gasteiger partial charge in [0.25, 0.3) is 5.91 Å². The number of benzene rings is 2. The standard InChI is InChI=1S/C25H19Cl2N3O3S/c1-15-4-7-18(8-5-15)30-24(32)22(12-16-11-17(26)6-9-21(16)27)34-25(30)20(13-28)23(31)29-14-19-3-2-10-33-19/h2-11,22H,12,14H2,1H3,(H,29,31)/b25-20-. The molecule has 1 aromatic heterocycles. The number of hydrogen-bond acceptors (Lipinski definition) is 5. The maximum absolute atomic E-state index is 13.5. The second kappa shape index (κ2) is 10.4. The number of nitrogens with one attached hydrogen (secondary N) is 1. The quantitative estimate of drug-likeness (QED) is 0.342. The van der Waals surface area contributed by atoms with E-state index in [0.717, 1.165) is 5.56 Å². The van der Waals surface area contributed by atoms with Crippen LogP contribution in [0.5, 0.6) is 0 Å². The van der Waals surface area contributed by atoms with E-state index >= 15 is 0 Å². The minimum atomic E-state index is -0.590. The number of nitrogens with zero attached hydrogens (tertiary/aromatic N) is 2. The number of nitriles is 1. The third kappa shape index (κ3) is 5.15. The minimum absolute atomic E-state index is 0.120. The van der Waals surface area contributed by atoms with E-state index in [0.29, 0.717) is 33.5 Å². The summed E-state index contributed by atoms with van der Waals surface area (Å²) in [6.07, 6.45) is 1.79. The van der Waals surface area contributed by atoms with Gasteiger partial charge in [-0.25, -0.2) is 0 Å². The van der Waals surface area contributed by atoms with Gasteiger partial charge in [-0.1, -0.05) is 52.7 Å². The summed E-state index contributed by atoms with van der Waals surface area (Å²) in [6, 6.07) is 17.8. The minimum Gasteiger partial charge on any atom is -0.467 e. The molecule has 34 heavy (non-hydrogen) atoms. The van der Waals surface area contributed by atoms with Crippen molar-refractivity contribution in [2.75, 3.05) is 4.90 Å². The fourth-order valence-electron chi connectivity index (χ4n) is 3.48. The van der Waals surface area contributed by atoms with E-state index in [1.807, 2.05) is 25.1 Å². The molecular formula is C25H19Cl2N3O3S. The molecule has 172 valence electrons. The second-order valence-electron chi connectivity index (χ2n) is 7.61. The van der Waals surface area contributed by atoms with Crippen LogP contribution in [0.3, 0.4) is 0 Å². The van der Waals surface area contributed by atoms with Crippen molar-refractivity contribution in [2.24, 2.45) is 0 Å². The Labute approximate surface area is 211 Å². The lowest BCUT2D eigenvalue weighted by Gasteiger charge is -2.19. The molecule has 1 aliphatic rings. The lowest BCUT2D eigenvalue weighted by Crippen LogP contribution is -2.32. The van der Waals surface area contributed by atoms with Crippen LogP contribution in [-0.2, 0) is 22.6 Å². The number of aryl methyl sites for hydroxylation is 1. The van der Waals surface area contributed by atoms with Crippen molar-refractivity contribution >= 4 is 52.5 Å². The number of thioether (sulfide) groups is 1. The first-order chi connectivity index (χ1) is 16.4. The number of anilines is 1. The lowest BCUT2D eigenvalue weighted by molar-refractivity contribution is -0.117. The first-order valence-electron chi connectivity index (χ1n) is 10.3. The summed E-state index contributed by atoms with van der Waals surface area (Å²) in [6.45, 7) is 2.06. The van der Waals surface area contributed by atoms with E-state index in [1.54, 1.807) is 42.5 Å². The number of hydrogen-bond donors (Lipinski definition) is 1. The van der Waals surface area contributed by atoms with Crippen LogP contribution in [0.4, 0.5) is 5.69 Å². The summed E-state index contributed by atoms with van der Waals surface area (Å²) < 4.78 is 5.24. The molecular weight excluding hydrogens is 493 g/mol. The highest BCUT2D eigenvalue weighted by Crippen LogP contribution is 2.42. The molecule has 1 N–H and O–H groups in total. The fourth-order valence-corrected chi connectivity index (χ4v) is 5.17. The molecule has 1 fully saturated rings. The van der Waals surface area contributed by atoms with Gasteiger partial charge in [0.2, 0.25) is 5.91 Å². The summed E-state index contributed by atoms with van der Waals surface area (Å²) in [5, 5.41) is 13.3. The van der Waals surface area contributed by atoms with E-state index in [2.05, 4.69) is 5.32 Å². The number of carbonyl (C=O) groups excluding carboxylic acids is 2. The van der Waals surface area contributed by atoms with Gasteiger partial charge < -0.3 is 9.73 Å². The van der Waals surface area contributed by atoms with E-state index in [9.17, 15) is 14.9 Å². The maximum atomic E-state index is 13.5. The molecule has 1 atom stereocenters. The molecule has 9 heteroatoms. The van der Waals surface area contributed by atoms with E-state index in [-0.39, 0.29) is 23.1 Å². The van der Waals surface area contributed by atoms with Crippen LogP contribution in [0, 0.1) is 18.3 Å².